The van der Waals surface area contributed by atoms with Crippen molar-refractivity contribution in [1.82, 2.24) is 9.80 Å². The van der Waals surface area contributed by atoms with E-state index in [2.05, 4.69) is 0 Å². The van der Waals surface area contributed by atoms with Crippen molar-refractivity contribution in [3.63, 3.8) is 0 Å². The van der Waals surface area contributed by atoms with Gasteiger partial charge in [0.1, 0.15) is 0 Å². The maximum atomic E-state index is 13.3. The van der Waals surface area contributed by atoms with E-state index >= 15 is 0 Å². The minimum Gasteiger partial charge on any atom is -0.364 e. The van der Waals surface area contributed by atoms with Gasteiger partial charge in [0.25, 0.3) is 0 Å². The molecule has 7 aliphatic heterocycles. The number of nitrogens with zero attached hydrogens (tertiary/aromatic N) is 2. The Labute approximate surface area is 187 Å². The monoisotopic (exact) mass is 442 g/mol. The molecule has 0 aromatic heterocycles. The summed E-state index contributed by atoms with van der Waals surface area (Å²) in [6, 6.07) is 8.11. The van der Waals surface area contributed by atoms with Crippen molar-refractivity contribution in [1.29, 1.82) is 0 Å². The number of benzene rings is 2. The number of amides is 4. The number of imide groups is 2. The molecular weight excluding hydrogens is 424 g/mol. The van der Waals surface area contributed by atoms with Gasteiger partial charge in [0.05, 0.1) is 48.1 Å². The van der Waals surface area contributed by atoms with Crippen LogP contribution in [0.1, 0.15) is 53.1 Å². The van der Waals surface area contributed by atoms with Gasteiger partial charge in [-0.25, -0.2) is 0 Å². The highest BCUT2D eigenvalue weighted by Crippen LogP contribution is 2.65. The van der Waals surface area contributed by atoms with Gasteiger partial charge in [-0.2, -0.15) is 0 Å². The van der Waals surface area contributed by atoms with Gasteiger partial charge in [-0.1, -0.05) is 24.3 Å². The number of rotatable bonds is 0. The zero-order valence-corrected chi connectivity index (χ0v) is 17.4. The van der Waals surface area contributed by atoms with Gasteiger partial charge in [0, 0.05) is 13.1 Å². The van der Waals surface area contributed by atoms with Crippen LogP contribution in [0.5, 0.6) is 0 Å². The Kier molecular flexibility index (Phi) is 2.73. The van der Waals surface area contributed by atoms with Crippen molar-refractivity contribution in [2.45, 2.75) is 30.8 Å². The molecule has 2 aromatic carbocycles. The predicted molar refractivity (Wildman–Crippen MR) is 109 cm³/mol. The summed E-state index contributed by atoms with van der Waals surface area (Å²) in [7, 11) is 0. The molecule has 0 aliphatic carbocycles. The van der Waals surface area contributed by atoms with Gasteiger partial charge >= 0.3 is 0 Å². The third kappa shape index (κ3) is 1.64. The van der Waals surface area contributed by atoms with Crippen molar-refractivity contribution in [2.75, 3.05) is 13.1 Å². The first-order valence-corrected chi connectivity index (χ1v) is 11.7. The molecule has 0 radical (unpaired) electrons. The lowest BCUT2D eigenvalue weighted by Crippen LogP contribution is -2.38. The van der Waals surface area contributed by atoms with Gasteiger partial charge < -0.3 is 9.47 Å². The lowest BCUT2D eigenvalue weighted by atomic mass is 9.72. The molecule has 4 amide bonds. The van der Waals surface area contributed by atoms with Crippen LogP contribution >= 0.6 is 0 Å². The summed E-state index contributed by atoms with van der Waals surface area (Å²) in [5, 5.41) is 1.99. The van der Waals surface area contributed by atoms with E-state index in [1.165, 1.54) is 9.80 Å². The summed E-state index contributed by atoms with van der Waals surface area (Å²) in [5.41, 5.74) is 3.97. The average molecular weight is 442 g/mol. The summed E-state index contributed by atoms with van der Waals surface area (Å²) in [6.45, 7) is 0.423. The van der Waals surface area contributed by atoms with Crippen molar-refractivity contribution >= 4 is 34.4 Å². The maximum absolute atomic E-state index is 13.3. The van der Waals surface area contributed by atoms with Crippen molar-refractivity contribution in [3.8, 4) is 0 Å². The first-order valence-electron chi connectivity index (χ1n) is 11.7. The smallest absolute Gasteiger partial charge is 0.236 e. The second-order valence-corrected chi connectivity index (χ2v) is 10.3. The Morgan fingerprint density at radius 1 is 0.576 bits per heavy atom. The molecule has 8 atom stereocenters. The van der Waals surface area contributed by atoms with Crippen molar-refractivity contribution in [3.05, 3.63) is 46.5 Å². The van der Waals surface area contributed by atoms with Gasteiger partial charge in [-0.3, -0.25) is 29.0 Å². The third-order valence-electron chi connectivity index (χ3n) is 9.17. The number of hydrogen-bond donors (Lipinski definition) is 0. The average Bonchev–Trinajstić information content (AvgIpc) is 3.62. The normalized spacial score (nSPS) is 40.8. The standard InChI is InChI=1S/C25H18N2O6/c28-22-14-17-21-13-9-3-5-11-12(8(9)2-4-10(13)18(14)32-21)20-16-15(19(11)33-20)23(29)27(24(16)30)7-1-6-26(22)25(17)31/h2-5,14-21H,1,6-7H2/t14?,15?,16?,17?,18-,19-,20+,21+/m1/s1. The quantitative estimate of drug-likeness (QED) is 0.577. The summed E-state index contributed by atoms with van der Waals surface area (Å²) < 4.78 is 12.5. The fourth-order valence-electron chi connectivity index (χ4n) is 7.95. The molecule has 0 saturated carbocycles. The molecule has 4 saturated heterocycles. The van der Waals surface area contributed by atoms with Crippen LogP contribution in [-0.4, -0.2) is 46.5 Å². The maximum Gasteiger partial charge on any atom is 0.236 e. The highest BCUT2D eigenvalue weighted by atomic mass is 16.5. The molecule has 4 fully saturated rings. The first-order chi connectivity index (χ1) is 16.1. The number of ether oxygens (including phenoxy) is 2. The Balaban J connectivity index is 1.34. The zero-order chi connectivity index (χ0) is 21.9. The second-order valence-electron chi connectivity index (χ2n) is 10.3. The van der Waals surface area contributed by atoms with E-state index in [1.54, 1.807) is 0 Å². The molecule has 33 heavy (non-hydrogen) atoms. The minimum absolute atomic E-state index is 0.194. The SMILES string of the molecule is O=C1C2C3C(=O)N1CCCN1C(=O)C4C(C1=O)[C@H]1O[C@@H]4c4ccc5c6c(ccc5c41)[C@H]2O[C@@H]63. The lowest BCUT2D eigenvalue weighted by molar-refractivity contribution is -0.143. The summed E-state index contributed by atoms with van der Waals surface area (Å²) >= 11 is 0. The fourth-order valence-corrected chi connectivity index (χ4v) is 7.95. The summed E-state index contributed by atoms with van der Waals surface area (Å²) in [4.78, 5) is 55.8. The zero-order valence-electron chi connectivity index (χ0n) is 17.4. The molecule has 2 aromatic rings. The minimum atomic E-state index is -0.504. The van der Waals surface area contributed by atoms with Gasteiger partial charge in [-0.05, 0) is 39.4 Å². The molecular formula is C25H18N2O6. The van der Waals surface area contributed by atoms with Crippen LogP contribution in [0.25, 0.3) is 10.8 Å². The Bertz CT molecular complexity index is 1310. The van der Waals surface area contributed by atoms with Gasteiger partial charge in [0.15, 0.2) is 0 Å². The van der Waals surface area contributed by atoms with Crippen LogP contribution in [-0.2, 0) is 28.7 Å². The fraction of sp³-hybridized carbons (Fsp3) is 0.440. The Hall–Kier alpha value is -3.10. The number of carbonyl (C=O) groups is 4. The topological polar surface area (TPSA) is 93.2 Å². The van der Waals surface area contributed by atoms with E-state index in [-0.39, 0.29) is 36.7 Å². The molecule has 0 spiro atoms. The van der Waals surface area contributed by atoms with Crippen LogP contribution < -0.4 is 0 Å². The van der Waals surface area contributed by atoms with Crippen LogP contribution in [0.2, 0.25) is 0 Å². The summed E-state index contributed by atoms with van der Waals surface area (Å²) in [5.74, 6) is -2.77. The summed E-state index contributed by atoms with van der Waals surface area (Å²) in [6.07, 6.45) is -1.28. The van der Waals surface area contributed by atoms with E-state index in [4.69, 9.17) is 9.47 Å². The van der Waals surface area contributed by atoms with E-state index < -0.39 is 48.1 Å². The molecule has 7 aliphatic rings. The molecule has 9 rings (SSSR count). The van der Waals surface area contributed by atoms with Crippen LogP contribution in [0.3, 0.4) is 0 Å². The van der Waals surface area contributed by atoms with Crippen LogP contribution in [0, 0.1) is 23.7 Å². The highest BCUT2D eigenvalue weighted by Gasteiger charge is 2.67. The van der Waals surface area contributed by atoms with E-state index in [0.717, 1.165) is 33.0 Å². The van der Waals surface area contributed by atoms with Gasteiger partial charge in [0.2, 0.25) is 23.6 Å². The van der Waals surface area contributed by atoms with E-state index in [1.807, 2.05) is 24.3 Å². The number of fused-ring (bicyclic) bond motifs is 8. The molecule has 7 heterocycles. The molecule has 4 unspecified atom stereocenters. The molecule has 12 bridgehead atoms. The van der Waals surface area contributed by atoms with E-state index in [0.29, 0.717) is 6.42 Å². The second kappa shape index (κ2) is 5.18. The number of carbonyl (C=O) groups excluding carboxylic acids is 4. The van der Waals surface area contributed by atoms with Crippen LogP contribution in [0.4, 0.5) is 0 Å². The highest BCUT2D eigenvalue weighted by molar-refractivity contribution is 6.09. The first kappa shape index (κ1) is 17.4. The Morgan fingerprint density at radius 3 is 1.39 bits per heavy atom. The van der Waals surface area contributed by atoms with E-state index in [9.17, 15) is 19.2 Å². The van der Waals surface area contributed by atoms with Crippen molar-refractivity contribution < 1.29 is 28.7 Å². The Morgan fingerprint density at radius 2 is 0.970 bits per heavy atom. The lowest BCUT2D eigenvalue weighted by Gasteiger charge is -2.25. The largest absolute Gasteiger partial charge is 0.364 e. The molecule has 0 N–H and O–H groups in total. The molecule has 164 valence electrons. The van der Waals surface area contributed by atoms with Crippen molar-refractivity contribution in [2.24, 2.45) is 23.7 Å². The molecule has 8 heteroatoms. The molecule has 8 nitrogen and oxygen atoms in total. The van der Waals surface area contributed by atoms with Crippen LogP contribution in [0.15, 0.2) is 24.3 Å². The third-order valence-corrected chi connectivity index (χ3v) is 9.17. The predicted octanol–water partition coefficient (Wildman–Crippen LogP) is 1.70. The number of hydrogen-bond acceptors (Lipinski definition) is 6. The van der Waals surface area contributed by atoms with Gasteiger partial charge in [-0.15, -0.1) is 0 Å².